The maximum absolute atomic E-state index is 11.2. The number of aldehydes is 1. The highest BCUT2D eigenvalue weighted by atomic mass is 16.3. The fourth-order valence-electron chi connectivity index (χ4n) is 2.50. The molecule has 0 amide bonds. The Balaban J connectivity index is 2.77. The molecule has 2 aromatic rings. The Labute approximate surface area is 107 Å². The van der Waals surface area contributed by atoms with Gasteiger partial charge in [-0.25, -0.2) is 0 Å². The van der Waals surface area contributed by atoms with Crippen LogP contribution in [0.4, 0.5) is 0 Å². The van der Waals surface area contributed by atoms with Crippen molar-refractivity contribution in [2.24, 2.45) is 0 Å². The summed E-state index contributed by atoms with van der Waals surface area (Å²) in [5.74, 6) is 0.0295. The molecule has 0 bridgehead atoms. The van der Waals surface area contributed by atoms with Gasteiger partial charge in [-0.3, -0.25) is 4.79 Å². The van der Waals surface area contributed by atoms with Gasteiger partial charge in [-0.05, 0) is 49.1 Å². The van der Waals surface area contributed by atoms with Crippen molar-refractivity contribution in [3.8, 4) is 16.9 Å². The number of phenolic OH excluding ortho intramolecular Hbond substituents is 1. The highest BCUT2D eigenvalue weighted by Gasteiger charge is 2.13. The number of carbonyl (C=O) groups excluding carboxylic acids is 1. The highest BCUT2D eigenvalue weighted by molar-refractivity contribution is 5.92. The van der Waals surface area contributed by atoms with Gasteiger partial charge in [0.25, 0.3) is 0 Å². The van der Waals surface area contributed by atoms with E-state index in [4.69, 9.17) is 0 Å². The third-order valence-electron chi connectivity index (χ3n) is 3.15. The van der Waals surface area contributed by atoms with Gasteiger partial charge in [-0.1, -0.05) is 29.8 Å². The minimum absolute atomic E-state index is 0.0295. The smallest absolute Gasteiger partial charge is 0.154 e. The molecule has 0 heterocycles. The van der Waals surface area contributed by atoms with Crippen LogP contribution in [0.5, 0.6) is 5.75 Å². The second-order valence-corrected chi connectivity index (χ2v) is 4.63. The minimum Gasteiger partial charge on any atom is -0.507 e. The number of carbonyl (C=O) groups is 1. The standard InChI is InChI=1S/C16H16O2/c1-10-7-11(2)16(12(3)8-10)13-5-4-6-15(18)14(13)9-17/h4-9,18H,1-3H3. The molecule has 2 nitrogen and oxygen atoms in total. The van der Waals surface area contributed by atoms with Crippen LogP contribution in [0.1, 0.15) is 27.0 Å². The summed E-state index contributed by atoms with van der Waals surface area (Å²) in [7, 11) is 0. The molecule has 0 radical (unpaired) electrons. The molecule has 0 fully saturated rings. The van der Waals surface area contributed by atoms with E-state index in [0.29, 0.717) is 11.8 Å². The largest absolute Gasteiger partial charge is 0.507 e. The first-order valence-electron chi connectivity index (χ1n) is 5.90. The average Bonchev–Trinajstić information content (AvgIpc) is 2.27. The van der Waals surface area contributed by atoms with Crippen LogP contribution in [-0.2, 0) is 0 Å². The molecule has 0 atom stereocenters. The van der Waals surface area contributed by atoms with E-state index in [0.717, 1.165) is 22.3 Å². The minimum atomic E-state index is 0.0295. The van der Waals surface area contributed by atoms with Crippen LogP contribution in [-0.4, -0.2) is 11.4 Å². The molecule has 18 heavy (non-hydrogen) atoms. The van der Waals surface area contributed by atoms with E-state index in [1.165, 1.54) is 11.6 Å². The molecular weight excluding hydrogens is 224 g/mol. The van der Waals surface area contributed by atoms with Crippen molar-refractivity contribution in [3.05, 3.63) is 52.6 Å². The lowest BCUT2D eigenvalue weighted by Gasteiger charge is -2.14. The summed E-state index contributed by atoms with van der Waals surface area (Å²) in [4.78, 5) is 11.2. The molecule has 0 aliphatic carbocycles. The molecular formula is C16H16O2. The van der Waals surface area contributed by atoms with Crippen LogP contribution in [0.2, 0.25) is 0 Å². The molecule has 0 aromatic heterocycles. The van der Waals surface area contributed by atoms with E-state index in [1.54, 1.807) is 6.07 Å². The Hall–Kier alpha value is -2.09. The van der Waals surface area contributed by atoms with Crippen molar-refractivity contribution >= 4 is 6.29 Å². The molecule has 0 saturated carbocycles. The number of hydrogen-bond donors (Lipinski definition) is 1. The van der Waals surface area contributed by atoms with E-state index >= 15 is 0 Å². The van der Waals surface area contributed by atoms with Crippen LogP contribution >= 0.6 is 0 Å². The topological polar surface area (TPSA) is 37.3 Å². The van der Waals surface area contributed by atoms with Gasteiger partial charge in [0.2, 0.25) is 0 Å². The van der Waals surface area contributed by atoms with Gasteiger partial charge in [-0.15, -0.1) is 0 Å². The first-order valence-corrected chi connectivity index (χ1v) is 5.90. The van der Waals surface area contributed by atoms with Gasteiger partial charge in [0.05, 0.1) is 5.56 Å². The predicted octanol–water partition coefficient (Wildman–Crippen LogP) is 3.80. The summed E-state index contributed by atoms with van der Waals surface area (Å²) in [6.07, 6.45) is 0.712. The highest BCUT2D eigenvalue weighted by Crippen LogP contribution is 2.33. The zero-order valence-corrected chi connectivity index (χ0v) is 10.8. The van der Waals surface area contributed by atoms with Crippen molar-refractivity contribution in [3.63, 3.8) is 0 Å². The molecule has 1 N–H and O–H groups in total. The Morgan fingerprint density at radius 2 is 1.67 bits per heavy atom. The molecule has 0 aliphatic heterocycles. The molecule has 0 saturated heterocycles. The van der Waals surface area contributed by atoms with Gasteiger partial charge in [0.15, 0.2) is 6.29 Å². The third-order valence-corrected chi connectivity index (χ3v) is 3.15. The fourth-order valence-corrected chi connectivity index (χ4v) is 2.50. The fraction of sp³-hybridized carbons (Fsp3) is 0.188. The first-order chi connectivity index (χ1) is 8.54. The van der Waals surface area contributed by atoms with E-state index in [2.05, 4.69) is 12.1 Å². The van der Waals surface area contributed by atoms with Gasteiger partial charge in [0.1, 0.15) is 5.75 Å². The van der Waals surface area contributed by atoms with Crippen molar-refractivity contribution in [1.29, 1.82) is 0 Å². The summed E-state index contributed by atoms with van der Waals surface area (Å²) < 4.78 is 0. The predicted molar refractivity (Wildman–Crippen MR) is 73.1 cm³/mol. The van der Waals surface area contributed by atoms with E-state index in [9.17, 15) is 9.90 Å². The normalized spacial score (nSPS) is 10.4. The lowest BCUT2D eigenvalue weighted by Crippen LogP contribution is -1.94. The van der Waals surface area contributed by atoms with Crippen molar-refractivity contribution in [1.82, 2.24) is 0 Å². The zero-order chi connectivity index (χ0) is 13.3. The van der Waals surface area contributed by atoms with Crippen LogP contribution in [0.25, 0.3) is 11.1 Å². The molecule has 92 valence electrons. The lowest BCUT2D eigenvalue weighted by molar-refractivity contribution is 0.112. The Morgan fingerprint density at radius 1 is 1.06 bits per heavy atom. The van der Waals surface area contributed by atoms with Crippen molar-refractivity contribution in [2.75, 3.05) is 0 Å². The Morgan fingerprint density at radius 3 is 2.22 bits per heavy atom. The second kappa shape index (κ2) is 4.65. The second-order valence-electron chi connectivity index (χ2n) is 4.63. The van der Waals surface area contributed by atoms with Crippen molar-refractivity contribution < 1.29 is 9.90 Å². The molecule has 2 heteroatoms. The third kappa shape index (κ3) is 2.02. The number of aromatic hydroxyl groups is 1. The number of aryl methyl sites for hydroxylation is 3. The van der Waals surface area contributed by atoms with Crippen LogP contribution < -0.4 is 0 Å². The maximum atomic E-state index is 11.2. The van der Waals surface area contributed by atoms with Crippen LogP contribution in [0.15, 0.2) is 30.3 Å². The summed E-state index contributed by atoms with van der Waals surface area (Å²) in [5, 5.41) is 9.76. The molecule has 2 rings (SSSR count). The van der Waals surface area contributed by atoms with Gasteiger partial charge >= 0.3 is 0 Å². The Kier molecular flexibility index (Phi) is 3.19. The number of hydrogen-bond acceptors (Lipinski definition) is 2. The summed E-state index contributed by atoms with van der Waals surface area (Å²) >= 11 is 0. The van der Waals surface area contributed by atoms with E-state index in [-0.39, 0.29) is 5.75 Å². The summed E-state index contributed by atoms with van der Waals surface area (Å²) in [6, 6.07) is 9.33. The van der Waals surface area contributed by atoms with Gasteiger partial charge in [0, 0.05) is 0 Å². The molecule has 0 unspecified atom stereocenters. The summed E-state index contributed by atoms with van der Waals surface area (Å²) in [5.41, 5.74) is 5.59. The number of phenols is 1. The van der Waals surface area contributed by atoms with Crippen molar-refractivity contribution in [2.45, 2.75) is 20.8 Å². The average molecular weight is 240 g/mol. The first kappa shape index (κ1) is 12.4. The van der Waals surface area contributed by atoms with Gasteiger partial charge < -0.3 is 5.11 Å². The van der Waals surface area contributed by atoms with E-state index < -0.39 is 0 Å². The van der Waals surface area contributed by atoms with Crippen LogP contribution in [0, 0.1) is 20.8 Å². The summed E-state index contributed by atoms with van der Waals surface area (Å²) in [6.45, 7) is 6.09. The molecule has 0 spiro atoms. The lowest BCUT2D eigenvalue weighted by atomic mass is 9.91. The molecule has 2 aromatic carbocycles. The zero-order valence-electron chi connectivity index (χ0n) is 10.8. The van der Waals surface area contributed by atoms with Gasteiger partial charge in [-0.2, -0.15) is 0 Å². The molecule has 0 aliphatic rings. The monoisotopic (exact) mass is 240 g/mol. The SMILES string of the molecule is Cc1cc(C)c(-c2cccc(O)c2C=O)c(C)c1. The number of rotatable bonds is 2. The quantitative estimate of drug-likeness (QED) is 0.811. The Bertz CT molecular complexity index is 589. The number of benzene rings is 2. The van der Waals surface area contributed by atoms with E-state index in [1.807, 2.05) is 26.8 Å². The van der Waals surface area contributed by atoms with Crippen LogP contribution in [0.3, 0.4) is 0 Å². The maximum Gasteiger partial charge on any atom is 0.154 e.